The number of halogens is 4. The highest BCUT2D eigenvalue weighted by Gasteiger charge is 2.57. The summed E-state index contributed by atoms with van der Waals surface area (Å²) >= 11 is 0. The van der Waals surface area contributed by atoms with E-state index in [1.807, 2.05) is 30.3 Å². The van der Waals surface area contributed by atoms with E-state index >= 15 is 4.39 Å². The number of hydrogen-bond donors (Lipinski definition) is 3. The lowest BCUT2D eigenvalue weighted by molar-refractivity contribution is -0.274. The van der Waals surface area contributed by atoms with Crippen molar-refractivity contribution >= 4 is 0 Å². The fourth-order valence-corrected chi connectivity index (χ4v) is 5.42. The molecule has 0 aromatic heterocycles. The van der Waals surface area contributed by atoms with Crippen LogP contribution < -0.4 is 20.1 Å². The first-order chi connectivity index (χ1) is 16.3. The predicted octanol–water partition coefficient (Wildman–Crippen LogP) is 4.19. The number of alkyl halides is 4. The number of benzene rings is 2. The van der Waals surface area contributed by atoms with Crippen molar-refractivity contribution in [2.75, 3.05) is 6.61 Å². The van der Waals surface area contributed by atoms with Crippen molar-refractivity contribution in [3.05, 3.63) is 59.7 Å². The first kappa shape index (κ1) is 23.4. The number of piperidine rings is 1. The van der Waals surface area contributed by atoms with E-state index in [-0.39, 0.29) is 43.4 Å². The fraction of sp³-hybridized carbons (Fsp3) is 0.520. The second-order valence-corrected chi connectivity index (χ2v) is 9.48. The second kappa shape index (κ2) is 9.02. The summed E-state index contributed by atoms with van der Waals surface area (Å²) in [6.07, 6.45) is -3.36. The molecule has 5 rings (SSSR count). The molecule has 3 fully saturated rings. The van der Waals surface area contributed by atoms with Crippen LogP contribution >= 0.6 is 0 Å². The van der Waals surface area contributed by atoms with E-state index < -0.39 is 24.1 Å². The summed E-state index contributed by atoms with van der Waals surface area (Å²) in [5, 5.41) is 16.8. The molecule has 2 heterocycles. The van der Waals surface area contributed by atoms with Crippen molar-refractivity contribution in [2.24, 2.45) is 5.92 Å². The second-order valence-electron chi connectivity index (χ2n) is 9.48. The zero-order chi connectivity index (χ0) is 23.9. The number of ether oxygens (including phenoxy) is 2. The van der Waals surface area contributed by atoms with Crippen LogP contribution in [-0.4, -0.2) is 42.4 Å². The number of aliphatic hydroxyl groups is 1. The number of fused-ring (bicyclic) bond motifs is 2. The molecule has 1 aliphatic carbocycles. The van der Waals surface area contributed by atoms with E-state index in [2.05, 4.69) is 15.4 Å². The Hall–Kier alpha value is -2.36. The van der Waals surface area contributed by atoms with Crippen LogP contribution in [0.2, 0.25) is 0 Å². The van der Waals surface area contributed by atoms with Crippen molar-refractivity contribution in [2.45, 2.75) is 68.5 Å². The van der Waals surface area contributed by atoms with Gasteiger partial charge in [0, 0.05) is 24.8 Å². The Bertz CT molecular complexity index is 1000. The maximum Gasteiger partial charge on any atom is 0.573 e. The van der Waals surface area contributed by atoms with Crippen molar-refractivity contribution in [1.82, 2.24) is 10.6 Å². The average Bonchev–Trinajstić information content (AvgIpc) is 3.56. The van der Waals surface area contributed by atoms with Gasteiger partial charge in [0.2, 0.25) is 0 Å². The van der Waals surface area contributed by atoms with Crippen molar-refractivity contribution < 1.29 is 32.1 Å². The normalized spacial score (nSPS) is 30.9. The number of aliphatic hydroxyl groups excluding tert-OH is 1. The molecule has 2 aliphatic heterocycles. The smallest absolute Gasteiger partial charge is 0.490 e. The minimum atomic E-state index is -4.81. The Labute approximate surface area is 195 Å². The molecule has 2 aromatic rings. The highest BCUT2D eigenvalue weighted by atomic mass is 19.4. The van der Waals surface area contributed by atoms with E-state index in [9.17, 15) is 18.3 Å². The van der Waals surface area contributed by atoms with Gasteiger partial charge in [-0.25, -0.2) is 4.39 Å². The monoisotopic (exact) mass is 480 g/mol. The summed E-state index contributed by atoms with van der Waals surface area (Å²) < 4.78 is 63.9. The van der Waals surface area contributed by atoms with Crippen LogP contribution in [0.15, 0.2) is 48.5 Å². The Morgan fingerprint density at radius 2 is 1.88 bits per heavy atom. The molecule has 3 N–H and O–H groups in total. The van der Waals surface area contributed by atoms with Gasteiger partial charge >= 0.3 is 6.36 Å². The van der Waals surface area contributed by atoms with Gasteiger partial charge in [-0.1, -0.05) is 30.3 Å². The van der Waals surface area contributed by atoms with Crippen LogP contribution in [0.5, 0.6) is 11.5 Å². The van der Waals surface area contributed by atoms with E-state index in [1.165, 1.54) is 18.2 Å². The summed E-state index contributed by atoms with van der Waals surface area (Å²) in [4.78, 5) is 0. The lowest BCUT2D eigenvalue weighted by Gasteiger charge is -2.45. The molecule has 9 heteroatoms. The van der Waals surface area contributed by atoms with E-state index in [0.717, 1.165) is 18.4 Å². The number of nitrogens with one attached hydrogen (secondary N) is 2. The molecule has 2 saturated heterocycles. The number of hydrogen-bond acceptors (Lipinski definition) is 5. The van der Waals surface area contributed by atoms with Gasteiger partial charge in [0.1, 0.15) is 17.7 Å². The topological polar surface area (TPSA) is 62.8 Å². The molecule has 34 heavy (non-hydrogen) atoms. The van der Waals surface area contributed by atoms with Gasteiger partial charge in [0.05, 0.1) is 17.7 Å². The summed E-state index contributed by atoms with van der Waals surface area (Å²) in [7, 11) is 0. The van der Waals surface area contributed by atoms with Gasteiger partial charge in [-0.3, -0.25) is 0 Å². The molecule has 5 atom stereocenters. The van der Waals surface area contributed by atoms with Crippen LogP contribution in [0, 0.1) is 5.92 Å². The zero-order valence-corrected chi connectivity index (χ0v) is 18.5. The summed E-state index contributed by atoms with van der Waals surface area (Å²) in [5.74, 6) is 0.0441. The maximum atomic E-state index is 15.6. The molecule has 1 saturated carbocycles. The average molecular weight is 481 g/mol. The maximum absolute atomic E-state index is 15.6. The van der Waals surface area contributed by atoms with Crippen molar-refractivity contribution in [3.63, 3.8) is 0 Å². The lowest BCUT2D eigenvalue weighted by atomic mass is 9.77. The third-order valence-corrected chi connectivity index (χ3v) is 7.09. The highest BCUT2D eigenvalue weighted by molar-refractivity contribution is 5.41. The molecule has 184 valence electrons. The minimum absolute atomic E-state index is 0.0398. The predicted molar refractivity (Wildman–Crippen MR) is 117 cm³/mol. The largest absolute Gasteiger partial charge is 0.573 e. The molecule has 0 spiro atoms. The molecule has 0 amide bonds. The zero-order valence-electron chi connectivity index (χ0n) is 18.5. The van der Waals surface area contributed by atoms with Crippen LogP contribution in [0.4, 0.5) is 17.6 Å². The first-order valence-electron chi connectivity index (χ1n) is 11.6. The van der Waals surface area contributed by atoms with Gasteiger partial charge in [0.25, 0.3) is 0 Å². The Morgan fingerprint density at radius 1 is 1.12 bits per heavy atom. The fourth-order valence-electron chi connectivity index (χ4n) is 5.42. The third kappa shape index (κ3) is 4.74. The van der Waals surface area contributed by atoms with E-state index in [4.69, 9.17) is 4.74 Å². The molecular weight excluding hydrogens is 452 g/mol. The van der Waals surface area contributed by atoms with Gasteiger partial charge < -0.3 is 25.2 Å². The quantitative estimate of drug-likeness (QED) is 0.495. The van der Waals surface area contributed by atoms with Crippen molar-refractivity contribution in [3.8, 4) is 11.5 Å². The molecule has 0 radical (unpaired) electrons. The summed E-state index contributed by atoms with van der Waals surface area (Å²) in [6, 6.07) is 12.8. The van der Waals surface area contributed by atoms with Gasteiger partial charge in [-0.15, -0.1) is 13.2 Å². The minimum Gasteiger partial charge on any atom is -0.490 e. The molecule has 2 aromatic carbocycles. The van der Waals surface area contributed by atoms with Gasteiger partial charge in [0.15, 0.2) is 0 Å². The Balaban J connectivity index is 1.43. The Kier molecular flexibility index (Phi) is 6.20. The Morgan fingerprint density at radius 3 is 2.56 bits per heavy atom. The van der Waals surface area contributed by atoms with Crippen LogP contribution in [0.25, 0.3) is 0 Å². The summed E-state index contributed by atoms with van der Waals surface area (Å²) in [6.45, 7) is 0.0643. The van der Waals surface area contributed by atoms with Gasteiger partial charge in [-0.2, -0.15) is 0 Å². The molecule has 0 unspecified atom stereocenters. The standard InChI is InChI=1S/C25H28F4N2O3/c26-20-11-21-16(14-32)12-24(31-21,17-4-2-1-3-5-17)23(20)30-13-15-10-19(34-25(27,28)29)8-9-22(15)33-18-6-7-18/h1-5,8-10,16,18,20-21,23,30-32H,6-7,11-14H2/t16-,20-,21-,23-,24+/m0/s1. The first-order valence-corrected chi connectivity index (χ1v) is 11.6. The van der Waals surface area contributed by atoms with Crippen molar-refractivity contribution in [1.29, 1.82) is 0 Å². The summed E-state index contributed by atoms with van der Waals surface area (Å²) in [5.41, 5.74) is 0.650. The third-order valence-electron chi connectivity index (χ3n) is 7.09. The van der Waals surface area contributed by atoms with Gasteiger partial charge in [-0.05, 0) is 55.4 Å². The van der Waals surface area contributed by atoms with Crippen LogP contribution in [0.3, 0.4) is 0 Å². The molecule has 3 aliphatic rings. The number of rotatable bonds is 8. The van der Waals surface area contributed by atoms with Crippen LogP contribution in [0.1, 0.15) is 36.8 Å². The molecule has 2 bridgehead atoms. The van der Waals surface area contributed by atoms with E-state index in [1.54, 1.807) is 0 Å². The van der Waals surface area contributed by atoms with E-state index in [0.29, 0.717) is 17.7 Å². The van der Waals surface area contributed by atoms with Crippen LogP contribution in [-0.2, 0) is 12.1 Å². The SMILES string of the molecule is OC[C@@H]1C[C@]2(c3ccccc3)N[C@H]1C[C@H](F)[C@@H]2NCc1cc(OC(F)(F)F)ccc1OC1CC1. The molecule has 5 nitrogen and oxygen atoms in total. The lowest BCUT2D eigenvalue weighted by Crippen LogP contribution is -2.63. The molecular formula is C25H28F4N2O3. The highest BCUT2D eigenvalue weighted by Crippen LogP contribution is 2.47.